The van der Waals surface area contributed by atoms with E-state index in [1.807, 2.05) is 58.0 Å². The van der Waals surface area contributed by atoms with E-state index in [-0.39, 0.29) is 0 Å². The van der Waals surface area contributed by atoms with Gasteiger partial charge in [-0.25, -0.2) is 8.78 Å². The van der Waals surface area contributed by atoms with Gasteiger partial charge in [-0.3, -0.25) is 4.98 Å². The number of alkyl halides is 2. The van der Waals surface area contributed by atoms with Crippen LogP contribution in [0.2, 0.25) is 0 Å². The third kappa shape index (κ3) is 2.72. The van der Waals surface area contributed by atoms with Crippen LogP contribution < -0.4 is 5.46 Å². The molecule has 6 heteroatoms. The second-order valence-corrected chi connectivity index (χ2v) is 10.6. The van der Waals surface area contributed by atoms with E-state index in [9.17, 15) is 0 Å². The Morgan fingerprint density at radius 3 is 1.87 bits per heavy atom. The van der Waals surface area contributed by atoms with Gasteiger partial charge in [-0.05, 0) is 78.6 Å². The van der Waals surface area contributed by atoms with E-state index in [1.165, 1.54) is 0 Å². The number of nitrogens with zero attached hydrogens (tertiary/aromatic N) is 1. The second kappa shape index (κ2) is 6.13. The number of rotatable bonds is 2. The fourth-order valence-corrected chi connectivity index (χ4v) is 4.58. The molecule has 1 aliphatic heterocycles. The van der Waals surface area contributed by atoms with Gasteiger partial charge in [-0.15, -0.1) is 0 Å². The van der Waals surface area contributed by atoms with Crippen molar-refractivity contribution in [3.63, 3.8) is 0 Å². The van der Waals surface area contributed by atoms with Crippen molar-refractivity contribution in [2.45, 2.75) is 83.3 Å². The normalized spacial score (nSPS) is 24.7. The van der Waals surface area contributed by atoms with Gasteiger partial charge in [0, 0.05) is 17.2 Å². The zero-order chi connectivity index (χ0) is 22.3. The van der Waals surface area contributed by atoms with Gasteiger partial charge < -0.3 is 9.31 Å². The molecule has 2 heterocycles. The Hall–Kier alpha value is -1.79. The molecule has 2 aliphatic rings. The second-order valence-electron chi connectivity index (χ2n) is 10.6. The fraction of sp³-hybridized carbons (Fsp3) is 0.542. The minimum Gasteiger partial charge on any atom is -0.399 e. The van der Waals surface area contributed by atoms with Crippen LogP contribution in [-0.4, -0.2) is 29.2 Å². The molecule has 1 fully saturated rings. The Morgan fingerprint density at radius 2 is 1.33 bits per heavy atom. The Kier molecular flexibility index (Phi) is 4.39. The molecule has 160 valence electrons. The molecule has 3 nitrogen and oxygen atoms in total. The molecule has 1 aromatic carbocycles. The first-order valence-corrected chi connectivity index (χ1v) is 10.5. The Labute approximate surface area is 178 Å². The van der Waals surface area contributed by atoms with Crippen molar-refractivity contribution in [3.8, 4) is 11.3 Å². The van der Waals surface area contributed by atoms with Crippen molar-refractivity contribution in [3.05, 3.63) is 47.7 Å². The maximum absolute atomic E-state index is 15.1. The molecule has 1 aliphatic carbocycles. The summed E-state index contributed by atoms with van der Waals surface area (Å²) in [6, 6.07) is 9.41. The average molecular weight is 413 g/mol. The van der Waals surface area contributed by atoms with Crippen molar-refractivity contribution < 1.29 is 18.1 Å². The smallest absolute Gasteiger partial charge is 0.399 e. The largest absolute Gasteiger partial charge is 0.496 e. The van der Waals surface area contributed by atoms with E-state index in [1.54, 1.807) is 33.9 Å². The van der Waals surface area contributed by atoms with Crippen LogP contribution in [0.4, 0.5) is 8.78 Å². The molecule has 2 aromatic rings. The summed E-state index contributed by atoms with van der Waals surface area (Å²) in [6.45, 7) is 14.5. The quantitative estimate of drug-likeness (QED) is 0.630. The molecule has 1 saturated heterocycles. The van der Waals surface area contributed by atoms with Crippen molar-refractivity contribution in [2.75, 3.05) is 0 Å². The Balaban J connectivity index is 1.67. The predicted octanol–water partition coefficient (Wildman–Crippen LogP) is 5.25. The van der Waals surface area contributed by atoms with E-state index in [2.05, 4.69) is 4.98 Å². The summed E-state index contributed by atoms with van der Waals surface area (Å²) in [6.07, 6.45) is 1.74. The zero-order valence-corrected chi connectivity index (χ0v) is 19.1. The molecule has 1 aromatic heterocycles. The highest BCUT2D eigenvalue weighted by Crippen LogP contribution is 2.59. The van der Waals surface area contributed by atoms with Crippen molar-refractivity contribution >= 4 is 12.6 Å². The Morgan fingerprint density at radius 1 is 0.767 bits per heavy atom. The number of pyridine rings is 1. The lowest BCUT2D eigenvalue weighted by Gasteiger charge is -2.35. The van der Waals surface area contributed by atoms with Crippen LogP contribution >= 0.6 is 0 Å². The van der Waals surface area contributed by atoms with Crippen LogP contribution in [0.5, 0.6) is 0 Å². The minimum absolute atomic E-state index is 0.417. The molecule has 0 amide bonds. The third-order valence-corrected chi connectivity index (χ3v) is 7.54. The average Bonchev–Trinajstić information content (AvgIpc) is 2.93. The molecule has 0 unspecified atom stereocenters. The third-order valence-electron chi connectivity index (χ3n) is 7.54. The SMILES string of the molecule is CC1(C)OB(c2ccc(-c3ccc4c(c3)C(C)(C)C(F)(F)C4(C)C)nc2)OC1(C)C. The first-order valence-electron chi connectivity index (χ1n) is 10.5. The molecule has 0 bridgehead atoms. The summed E-state index contributed by atoms with van der Waals surface area (Å²) >= 11 is 0. The van der Waals surface area contributed by atoms with Crippen molar-refractivity contribution in [1.82, 2.24) is 4.98 Å². The predicted molar refractivity (Wildman–Crippen MR) is 116 cm³/mol. The summed E-state index contributed by atoms with van der Waals surface area (Å²) in [5.41, 5.74) is 0.508. The molecule has 30 heavy (non-hydrogen) atoms. The maximum Gasteiger partial charge on any atom is 0.496 e. The van der Waals surface area contributed by atoms with Gasteiger partial charge in [-0.1, -0.05) is 18.2 Å². The summed E-state index contributed by atoms with van der Waals surface area (Å²) in [5.74, 6) is -2.84. The topological polar surface area (TPSA) is 31.4 Å². The van der Waals surface area contributed by atoms with Gasteiger partial charge in [0.1, 0.15) is 0 Å². The molecule has 4 rings (SSSR count). The van der Waals surface area contributed by atoms with E-state index in [0.717, 1.165) is 16.7 Å². The standard InChI is InChI=1S/C24H30BF2NO2/c1-20(2)17-11-9-15(13-18(17)21(3,4)24(20,26)27)19-12-10-16(14-28-19)25-29-22(5,6)23(7,8)30-25/h9-14H,1-8H3. The number of benzene rings is 1. The van der Waals surface area contributed by atoms with Gasteiger partial charge in [0.2, 0.25) is 0 Å². The van der Waals surface area contributed by atoms with Crippen LogP contribution in [0, 0.1) is 0 Å². The highest BCUT2D eigenvalue weighted by molar-refractivity contribution is 6.62. The number of hydrogen-bond donors (Lipinski definition) is 0. The fourth-order valence-electron chi connectivity index (χ4n) is 4.58. The molecule has 0 saturated carbocycles. The van der Waals surface area contributed by atoms with Crippen LogP contribution in [-0.2, 0) is 20.1 Å². The van der Waals surface area contributed by atoms with Crippen LogP contribution in [0.15, 0.2) is 36.5 Å². The molecular weight excluding hydrogens is 383 g/mol. The van der Waals surface area contributed by atoms with Crippen LogP contribution in [0.3, 0.4) is 0 Å². The van der Waals surface area contributed by atoms with Gasteiger partial charge in [0.25, 0.3) is 5.92 Å². The van der Waals surface area contributed by atoms with Crippen molar-refractivity contribution in [2.24, 2.45) is 0 Å². The van der Waals surface area contributed by atoms with Gasteiger partial charge in [0.05, 0.1) is 27.7 Å². The molecule has 0 radical (unpaired) electrons. The molecule has 0 spiro atoms. The minimum atomic E-state index is -2.84. The van der Waals surface area contributed by atoms with Gasteiger partial charge >= 0.3 is 7.12 Å². The lowest BCUT2D eigenvalue weighted by molar-refractivity contribution is -0.105. The number of hydrogen-bond acceptors (Lipinski definition) is 3. The first-order chi connectivity index (χ1) is 13.6. The van der Waals surface area contributed by atoms with E-state index < -0.39 is 35.1 Å². The highest BCUT2D eigenvalue weighted by atomic mass is 19.3. The molecule has 0 N–H and O–H groups in total. The van der Waals surface area contributed by atoms with Gasteiger partial charge in [-0.2, -0.15) is 0 Å². The lowest BCUT2D eigenvalue weighted by atomic mass is 9.77. The molecular formula is C24H30BF2NO2. The van der Waals surface area contributed by atoms with E-state index in [4.69, 9.17) is 9.31 Å². The number of fused-ring (bicyclic) bond motifs is 1. The van der Waals surface area contributed by atoms with E-state index >= 15 is 8.78 Å². The summed E-state index contributed by atoms with van der Waals surface area (Å²) in [7, 11) is -0.477. The number of halogens is 2. The van der Waals surface area contributed by atoms with E-state index in [0.29, 0.717) is 11.1 Å². The highest BCUT2D eigenvalue weighted by Gasteiger charge is 2.65. The van der Waals surface area contributed by atoms with Gasteiger partial charge in [0.15, 0.2) is 0 Å². The lowest BCUT2D eigenvalue weighted by Crippen LogP contribution is -2.46. The van der Waals surface area contributed by atoms with Crippen LogP contribution in [0.25, 0.3) is 11.3 Å². The Bertz CT molecular complexity index is 981. The summed E-state index contributed by atoms with van der Waals surface area (Å²) in [5, 5.41) is 0. The summed E-state index contributed by atoms with van der Waals surface area (Å²) in [4.78, 5) is 4.59. The summed E-state index contributed by atoms with van der Waals surface area (Å²) < 4.78 is 42.4. The van der Waals surface area contributed by atoms with Crippen LogP contribution in [0.1, 0.15) is 66.5 Å². The van der Waals surface area contributed by atoms with Crippen molar-refractivity contribution in [1.29, 1.82) is 0 Å². The first kappa shape index (κ1) is 21.4. The molecule has 0 atom stereocenters. The zero-order valence-electron chi connectivity index (χ0n) is 19.1. The number of aromatic nitrogens is 1. The maximum atomic E-state index is 15.1. The monoisotopic (exact) mass is 413 g/mol.